The van der Waals surface area contributed by atoms with E-state index in [4.69, 9.17) is 4.42 Å². The Bertz CT molecular complexity index is 776. The van der Waals surface area contributed by atoms with E-state index in [9.17, 15) is 4.79 Å². The standard InChI is InChI=1S/C16H15BrN2O2S/c1-10(2)9-19(15(20)12-7-8-14(17)21-12)16-18-11-5-3-4-6-13(11)22-16/h3-8,10H,9H2,1-2H3. The van der Waals surface area contributed by atoms with Gasteiger partial charge in [-0.25, -0.2) is 4.98 Å². The van der Waals surface area contributed by atoms with Crippen LogP contribution in [0.1, 0.15) is 24.4 Å². The zero-order valence-electron chi connectivity index (χ0n) is 12.2. The van der Waals surface area contributed by atoms with Gasteiger partial charge < -0.3 is 4.42 Å². The Balaban J connectivity index is 2.00. The summed E-state index contributed by atoms with van der Waals surface area (Å²) < 4.78 is 7.02. The molecule has 22 heavy (non-hydrogen) atoms. The average molecular weight is 379 g/mol. The smallest absolute Gasteiger partial charge is 0.295 e. The number of halogens is 1. The van der Waals surface area contributed by atoms with Crippen molar-refractivity contribution in [2.24, 2.45) is 5.92 Å². The molecule has 114 valence electrons. The van der Waals surface area contributed by atoms with Crippen LogP contribution in [-0.2, 0) is 0 Å². The van der Waals surface area contributed by atoms with Crippen LogP contribution in [-0.4, -0.2) is 17.4 Å². The number of anilines is 1. The van der Waals surface area contributed by atoms with Crippen LogP contribution in [0.25, 0.3) is 10.2 Å². The normalized spacial score (nSPS) is 11.3. The van der Waals surface area contributed by atoms with Gasteiger partial charge in [0.25, 0.3) is 5.91 Å². The number of hydrogen-bond acceptors (Lipinski definition) is 4. The number of rotatable bonds is 4. The predicted octanol–water partition coefficient (Wildman–Crippen LogP) is 4.95. The molecule has 1 aromatic carbocycles. The van der Waals surface area contributed by atoms with Crippen LogP contribution in [0.4, 0.5) is 5.13 Å². The quantitative estimate of drug-likeness (QED) is 0.644. The van der Waals surface area contributed by atoms with E-state index < -0.39 is 0 Å². The minimum Gasteiger partial charge on any atom is -0.444 e. The molecule has 0 aliphatic carbocycles. The van der Waals surface area contributed by atoms with Gasteiger partial charge in [-0.1, -0.05) is 37.3 Å². The van der Waals surface area contributed by atoms with E-state index in [0.717, 1.165) is 10.2 Å². The number of aromatic nitrogens is 1. The molecule has 3 aromatic rings. The van der Waals surface area contributed by atoms with Crippen molar-refractivity contribution in [2.75, 3.05) is 11.4 Å². The van der Waals surface area contributed by atoms with Crippen LogP contribution in [0.5, 0.6) is 0 Å². The van der Waals surface area contributed by atoms with Gasteiger partial charge in [-0.3, -0.25) is 9.69 Å². The molecule has 3 rings (SSSR count). The number of amides is 1. The number of carbonyl (C=O) groups excluding carboxylic acids is 1. The number of para-hydroxylation sites is 1. The van der Waals surface area contributed by atoms with E-state index in [1.807, 2.05) is 24.3 Å². The molecule has 0 saturated carbocycles. The molecule has 6 heteroatoms. The lowest BCUT2D eigenvalue weighted by Crippen LogP contribution is -2.33. The van der Waals surface area contributed by atoms with Gasteiger partial charge in [0.2, 0.25) is 0 Å². The molecule has 1 amide bonds. The maximum atomic E-state index is 12.7. The molecule has 0 aliphatic rings. The molecule has 0 spiro atoms. The van der Waals surface area contributed by atoms with Gasteiger partial charge in [0.05, 0.1) is 10.2 Å². The summed E-state index contributed by atoms with van der Waals surface area (Å²) in [5.74, 6) is 0.472. The summed E-state index contributed by atoms with van der Waals surface area (Å²) in [6, 6.07) is 11.3. The molecule has 0 unspecified atom stereocenters. The molecule has 4 nitrogen and oxygen atoms in total. The Hall–Kier alpha value is -1.66. The Morgan fingerprint density at radius 3 is 2.73 bits per heavy atom. The molecular weight excluding hydrogens is 364 g/mol. The highest BCUT2D eigenvalue weighted by Crippen LogP contribution is 2.30. The summed E-state index contributed by atoms with van der Waals surface area (Å²) in [6.07, 6.45) is 0. The predicted molar refractivity (Wildman–Crippen MR) is 92.5 cm³/mol. The number of fused-ring (bicyclic) bond motifs is 1. The first-order valence-corrected chi connectivity index (χ1v) is 8.58. The zero-order valence-corrected chi connectivity index (χ0v) is 14.6. The first-order valence-electron chi connectivity index (χ1n) is 6.97. The molecule has 0 atom stereocenters. The fourth-order valence-corrected chi connectivity index (χ4v) is 3.43. The first-order chi connectivity index (χ1) is 10.5. The van der Waals surface area contributed by atoms with Crippen molar-refractivity contribution in [3.8, 4) is 0 Å². The second-order valence-electron chi connectivity index (χ2n) is 5.38. The van der Waals surface area contributed by atoms with Crippen LogP contribution >= 0.6 is 27.3 Å². The van der Waals surface area contributed by atoms with Crippen molar-refractivity contribution in [3.05, 3.63) is 46.8 Å². The van der Waals surface area contributed by atoms with Crippen LogP contribution in [0.3, 0.4) is 0 Å². The Labute approximate surface area is 140 Å². The topological polar surface area (TPSA) is 46.3 Å². The summed E-state index contributed by atoms with van der Waals surface area (Å²) in [5.41, 5.74) is 0.907. The van der Waals surface area contributed by atoms with Gasteiger partial charge in [-0.15, -0.1) is 0 Å². The van der Waals surface area contributed by atoms with Crippen LogP contribution < -0.4 is 4.90 Å². The summed E-state index contributed by atoms with van der Waals surface area (Å²) in [7, 11) is 0. The summed E-state index contributed by atoms with van der Waals surface area (Å²) in [5, 5.41) is 0.701. The van der Waals surface area contributed by atoms with Crippen LogP contribution in [0.15, 0.2) is 45.5 Å². The van der Waals surface area contributed by atoms with Crippen LogP contribution in [0.2, 0.25) is 0 Å². The van der Waals surface area contributed by atoms with Gasteiger partial charge in [0.1, 0.15) is 0 Å². The number of carbonyl (C=O) groups is 1. The van der Waals surface area contributed by atoms with E-state index in [-0.39, 0.29) is 5.91 Å². The monoisotopic (exact) mass is 378 g/mol. The summed E-state index contributed by atoms with van der Waals surface area (Å²) >= 11 is 4.75. The lowest BCUT2D eigenvalue weighted by atomic mass is 10.2. The molecule has 0 radical (unpaired) electrons. The van der Waals surface area contributed by atoms with Crippen molar-refractivity contribution in [1.82, 2.24) is 4.98 Å². The van der Waals surface area contributed by atoms with Gasteiger partial charge in [0.15, 0.2) is 15.6 Å². The third-order valence-electron chi connectivity index (χ3n) is 3.09. The van der Waals surface area contributed by atoms with Crippen LogP contribution in [0, 0.1) is 5.92 Å². The Kier molecular flexibility index (Phi) is 4.31. The third-order valence-corrected chi connectivity index (χ3v) is 4.58. The highest BCUT2D eigenvalue weighted by molar-refractivity contribution is 9.10. The second kappa shape index (κ2) is 6.22. The van der Waals surface area contributed by atoms with Crippen molar-refractivity contribution in [1.29, 1.82) is 0 Å². The van der Waals surface area contributed by atoms with Gasteiger partial charge in [0, 0.05) is 6.54 Å². The average Bonchev–Trinajstić information content (AvgIpc) is 3.09. The number of furan rings is 1. The lowest BCUT2D eigenvalue weighted by molar-refractivity contribution is 0.0956. The molecule has 2 aromatic heterocycles. The molecule has 0 fully saturated rings. The van der Waals surface area contributed by atoms with Gasteiger partial charge in [-0.05, 0) is 46.1 Å². The van der Waals surface area contributed by atoms with E-state index in [2.05, 4.69) is 34.8 Å². The van der Waals surface area contributed by atoms with Gasteiger partial charge in [-0.2, -0.15) is 0 Å². The minimum atomic E-state index is -0.168. The van der Waals surface area contributed by atoms with E-state index in [1.165, 1.54) is 11.3 Å². The zero-order chi connectivity index (χ0) is 15.7. The fraction of sp³-hybridized carbons (Fsp3) is 0.250. The summed E-state index contributed by atoms with van der Waals surface area (Å²) in [6.45, 7) is 4.74. The second-order valence-corrected chi connectivity index (χ2v) is 7.17. The maximum absolute atomic E-state index is 12.7. The number of thiazole rings is 1. The van der Waals surface area contributed by atoms with Crippen molar-refractivity contribution < 1.29 is 9.21 Å². The highest BCUT2D eigenvalue weighted by atomic mass is 79.9. The molecule has 2 heterocycles. The Morgan fingerprint density at radius 2 is 2.09 bits per heavy atom. The number of benzene rings is 1. The van der Waals surface area contributed by atoms with Crippen molar-refractivity contribution >= 4 is 48.5 Å². The van der Waals surface area contributed by atoms with E-state index in [0.29, 0.717) is 28.0 Å². The van der Waals surface area contributed by atoms with E-state index in [1.54, 1.807) is 17.0 Å². The molecule has 0 bridgehead atoms. The highest BCUT2D eigenvalue weighted by Gasteiger charge is 2.24. The minimum absolute atomic E-state index is 0.168. The fourth-order valence-electron chi connectivity index (χ4n) is 2.15. The molecule has 0 saturated heterocycles. The Morgan fingerprint density at radius 1 is 1.32 bits per heavy atom. The molecule has 0 N–H and O–H groups in total. The summed E-state index contributed by atoms with van der Waals surface area (Å²) in [4.78, 5) is 19.0. The third kappa shape index (κ3) is 3.08. The lowest BCUT2D eigenvalue weighted by Gasteiger charge is -2.20. The maximum Gasteiger partial charge on any atom is 0.295 e. The molecule has 0 aliphatic heterocycles. The molecular formula is C16H15BrN2O2S. The first kappa shape index (κ1) is 15.2. The van der Waals surface area contributed by atoms with Crippen molar-refractivity contribution in [2.45, 2.75) is 13.8 Å². The van der Waals surface area contributed by atoms with E-state index >= 15 is 0 Å². The largest absolute Gasteiger partial charge is 0.444 e. The SMILES string of the molecule is CC(C)CN(C(=O)c1ccc(Br)o1)c1nc2ccccc2s1. The number of hydrogen-bond donors (Lipinski definition) is 0. The number of nitrogens with zero attached hydrogens (tertiary/aromatic N) is 2. The van der Waals surface area contributed by atoms with Gasteiger partial charge >= 0.3 is 0 Å². The van der Waals surface area contributed by atoms with Crippen molar-refractivity contribution in [3.63, 3.8) is 0 Å².